The van der Waals surface area contributed by atoms with Crippen molar-refractivity contribution in [3.8, 4) is 0 Å². The van der Waals surface area contributed by atoms with Gasteiger partial charge in [-0.1, -0.05) is 20.8 Å². The number of hydrogen-bond acceptors (Lipinski definition) is 7. The molecule has 4 aliphatic rings. The van der Waals surface area contributed by atoms with Crippen LogP contribution in [0.4, 0.5) is 10.1 Å². The lowest BCUT2D eigenvalue weighted by Crippen LogP contribution is -2.60. The van der Waals surface area contributed by atoms with Crippen LogP contribution in [0.5, 0.6) is 0 Å². The van der Waals surface area contributed by atoms with Crippen LogP contribution < -0.4 is 5.43 Å². The van der Waals surface area contributed by atoms with Gasteiger partial charge >= 0.3 is 5.97 Å². The van der Waals surface area contributed by atoms with Crippen molar-refractivity contribution >= 4 is 34.7 Å². The number of anilines is 1. The zero-order valence-electron chi connectivity index (χ0n) is 24.0. The zero-order chi connectivity index (χ0) is 28.8. The van der Waals surface area contributed by atoms with Gasteiger partial charge in [-0.3, -0.25) is 19.8 Å². The molecule has 1 aromatic carbocycles. The van der Waals surface area contributed by atoms with E-state index >= 15 is 0 Å². The molecule has 4 saturated carbocycles. The van der Waals surface area contributed by atoms with Crippen LogP contribution >= 0.6 is 0 Å². The fraction of sp³-hybridized carbons (Fsp3) is 0.656. The van der Waals surface area contributed by atoms with Gasteiger partial charge in [-0.2, -0.15) is 5.10 Å². The highest BCUT2D eigenvalue weighted by Gasteiger charge is 2.66. The normalized spacial score (nSPS) is 36.4. The lowest BCUT2D eigenvalue weighted by molar-refractivity contribution is -0.166. The molecule has 1 aromatic rings. The fourth-order valence-electron chi connectivity index (χ4n) is 8.88. The predicted molar refractivity (Wildman–Crippen MR) is 149 cm³/mol. The van der Waals surface area contributed by atoms with E-state index in [9.17, 15) is 23.6 Å². The van der Waals surface area contributed by atoms with Crippen LogP contribution in [-0.4, -0.2) is 35.6 Å². The van der Waals surface area contributed by atoms with Crippen molar-refractivity contribution in [2.24, 2.45) is 51.4 Å². The largest absolute Gasteiger partial charge is 0.461 e. The number of rotatable bonds is 7. The van der Waals surface area contributed by atoms with Gasteiger partial charge in [-0.25, -0.2) is 9.18 Å². The number of Topliss-reactive ketones (excluding diaryl/α,β-unsaturated/α-hetero) is 3. The second kappa shape index (κ2) is 10.8. The monoisotopic (exact) mass is 552 g/mol. The van der Waals surface area contributed by atoms with Gasteiger partial charge in [-0.15, -0.1) is 0 Å². The molecule has 216 valence electrons. The van der Waals surface area contributed by atoms with E-state index in [2.05, 4.69) is 31.3 Å². The van der Waals surface area contributed by atoms with Crippen molar-refractivity contribution < 1.29 is 28.3 Å². The molecular weight excluding hydrogens is 511 g/mol. The average Bonchev–Trinajstić information content (AvgIpc) is 3.27. The van der Waals surface area contributed by atoms with Gasteiger partial charge in [0.25, 0.3) is 0 Å². The summed E-state index contributed by atoms with van der Waals surface area (Å²) in [7, 11) is 0. The van der Waals surface area contributed by atoms with Crippen molar-refractivity contribution in [2.45, 2.75) is 79.1 Å². The van der Waals surface area contributed by atoms with Crippen molar-refractivity contribution in [3.63, 3.8) is 0 Å². The molecule has 4 aliphatic carbocycles. The molecule has 0 unspecified atom stereocenters. The number of ether oxygens (including phenoxy) is 1. The lowest BCUT2D eigenvalue weighted by atomic mass is 9.44. The second-order valence-electron chi connectivity index (χ2n) is 13.0. The van der Waals surface area contributed by atoms with Crippen molar-refractivity contribution in [1.82, 2.24) is 0 Å². The molecule has 0 radical (unpaired) electrons. The van der Waals surface area contributed by atoms with E-state index in [4.69, 9.17) is 4.74 Å². The van der Waals surface area contributed by atoms with E-state index in [0.717, 1.165) is 19.3 Å². The van der Waals surface area contributed by atoms with Gasteiger partial charge in [0, 0.05) is 43.4 Å². The first kappa shape index (κ1) is 28.6. The Morgan fingerprint density at radius 3 is 2.52 bits per heavy atom. The van der Waals surface area contributed by atoms with Crippen molar-refractivity contribution in [2.75, 3.05) is 12.0 Å². The molecule has 0 spiro atoms. The van der Waals surface area contributed by atoms with Gasteiger partial charge in [0.15, 0.2) is 0 Å². The van der Waals surface area contributed by atoms with Gasteiger partial charge in [0.1, 0.15) is 28.9 Å². The lowest BCUT2D eigenvalue weighted by Gasteiger charge is -2.58. The van der Waals surface area contributed by atoms with E-state index in [1.165, 1.54) is 12.1 Å². The topological polar surface area (TPSA) is 102 Å². The average molecular weight is 553 g/mol. The Hall–Kier alpha value is -2.90. The minimum atomic E-state index is -0.645. The first-order valence-corrected chi connectivity index (χ1v) is 14.8. The van der Waals surface area contributed by atoms with Crippen LogP contribution in [-0.2, 0) is 23.9 Å². The van der Waals surface area contributed by atoms with E-state index in [0.29, 0.717) is 37.8 Å². The number of carbonyl (C=O) groups excluding carboxylic acids is 4. The Morgan fingerprint density at radius 2 is 1.82 bits per heavy atom. The summed E-state index contributed by atoms with van der Waals surface area (Å²) in [6.45, 7) is 8.27. The Bertz CT molecular complexity index is 1230. The number of nitrogens with zero attached hydrogens (tertiary/aromatic N) is 1. The predicted octanol–water partition coefficient (Wildman–Crippen LogP) is 5.77. The van der Waals surface area contributed by atoms with Gasteiger partial charge < -0.3 is 4.74 Å². The molecule has 7 nitrogen and oxygen atoms in total. The molecule has 0 heterocycles. The number of ketones is 3. The standard InChI is InChI=1S/C32H41FN2O5/c1-5-40-30(39)26(35-34-21-8-6-20(33)7-9-21)14-18(2)23-10-11-24-29-25(17-28(38)32(23,24)4)31(3)13-12-22(36)15-19(31)16-27(29)37/h6-9,18-19,23-25,29,34H,5,10-17H2,1-4H3/b35-26-/t18-,19+,23-,24+,25+,29+,31+,32-/m1/s1. The van der Waals surface area contributed by atoms with Gasteiger partial charge in [0.05, 0.1) is 12.3 Å². The Kier molecular flexibility index (Phi) is 7.75. The maximum absolute atomic E-state index is 14.1. The Morgan fingerprint density at radius 1 is 1.10 bits per heavy atom. The summed E-state index contributed by atoms with van der Waals surface area (Å²) in [4.78, 5) is 52.8. The van der Waals surface area contributed by atoms with Crippen LogP contribution in [0.15, 0.2) is 29.4 Å². The molecule has 8 atom stereocenters. The quantitative estimate of drug-likeness (QED) is 0.262. The maximum Gasteiger partial charge on any atom is 0.354 e. The van der Waals surface area contributed by atoms with Crippen LogP contribution in [0.2, 0.25) is 0 Å². The zero-order valence-corrected chi connectivity index (χ0v) is 24.0. The minimum Gasteiger partial charge on any atom is -0.461 e. The molecule has 1 N–H and O–H groups in total. The Labute approximate surface area is 235 Å². The van der Waals surface area contributed by atoms with Crippen LogP contribution in [0, 0.1) is 52.2 Å². The van der Waals surface area contributed by atoms with E-state index < -0.39 is 11.4 Å². The maximum atomic E-state index is 14.1. The molecule has 0 aromatic heterocycles. The summed E-state index contributed by atoms with van der Waals surface area (Å²) >= 11 is 0. The van der Waals surface area contributed by atoms with Crippen LogP contribution in [0.1, 0.15) is 79.1 Å². The number of esters is 1. The van der Waals surface area contributed by atoms with E-state index in [-0.39, 0.29) is 76.4 Å². The third-order valence-electron chi connectivity index (χ3n) is 11.1. The minimum absolute atomic E-state index is 0.00246. The molecule has 0 aliphatic heterocycles. The summed E-state index contributed by atoms with van der Waals surface area (Å²) in [6, 6.07) is 5.71. The smallest absolute Gasteiger partial charge is 0.354 e. The molecule has 8 heteroatoms. The third kappa shape index (κ3) is 4.81. The van der Waals surface area contributed by atoms with Gasteiger partial charge in [-0.05, 0) is 85.5 Å². The number of hydrogen-bond donors (Lipinski definition) is 1. The van der Waals surface area contributed by atoms with E-state index in [1.807, 2.05) is 0 Å². The fourth-order valence-corrected chi connectivity index (χ4v) is 8.88. The van der Waals surface area contributed by atoms with Crippen LogP contribution in [0.3, 0.4) is 0 Å². The molecule has 0 bridgehead atoms. The Balaban J connectivity index is 1.37. The molecular formula is C32H41FN2O5. The highest BCUT2D eigenvalue weighted by molar-refractivity contribution is 6.36. The summed E-state index contributed by atoms with van der Waals surface area (Å²) in [5.41, 5.74) is 2.82. The molecule has 4 fully saturated rings. The number of halogens is 1. The van der Waals surface area contributed by atoms with E-state index in [1.54, 1.807) is 19.1 Å². The van der Waals surface area contributed by atoms with Crippen LogP contribution in [0.25, 0.3) is 0 Å². The molecule has 40 heavy (non-hydrogen) atoms. The summed E-state index contributed by atoms with van der Waals surface area (Å²) < 4.78 is 18.6. The number of benzene rings is 1. The first-order chi connectivity index (χ1) is 19.0. The summed E-state index contributed by atoms with van der Waals surface area (Å²) in [6.07, 6.45) is 4.54. The number of carbonyl (C=O) groups is 4. The number of fused-ring (bicyclic) bond motifs is 5. The summed E-state index contributed by atoms with van der Waals surface area (Å²) in [5, 5.41) is 4.34. The highest BCUT2D eigenvalue weighted by Crippen LogP contribution is 2.66. The third-order valence-corrected chi connectivity index (χ3v) is 11.1. The molecule has 0 amide bonds. The molecule has 0 saturated heterocycles. The highest BCUT2D eigenvalue weighted by atomic mass is 19.1. The number of nitrogens with one attached hydrogen (secondary N) is 1. The molecule has 5 rings (SSSR count). The summed E-state index contributed by atoms with van der Waals surface area (Å²) in [5.74, 6) is -0.357. The first-order valence-electron chi connectivity index (χ1n) is 14.8. The van der Waals surface area contributed by atoms with Crippen molar-refractivity contribution in [1.29, 1.82) is 0 Å². The number of hydrazone groups is 1. The SMILES string of the molecule is CCOC(=O)/C(C[C@@H](C)[C@H]1CC[C@H]2[C@@H]3C(=O)C[C@@H]4CC(=O)CC[C@]4(C)[C@H]3CC(=O)[C@]12C)=N\Nc1ccc(F)cc1. The van der Waals surface area contributed by atoms with Gasteiger partial charge in [0.2, 0.25) is 0 Å². The second-order valence-corrected chi connectivity index (χ2v) is 13.0. The van der Waals surface area contributed by atoms with Crippen molar-refractivity contribution in [3.05, 3.63) is 30.1 Å².